The summed E-state index contributed by atoms with van der Waals surface area (Å²) in [5, 5.41) is 53.7. The van der Waals surface area contributed by atoms with Crippen LogP contribution < -0.4 is 5.32 Å². The Morgan fingerprint density at radius 2 is 1.26 bits per heavy atom. The third kappa shape index (κ3) is 21.2. The molecular formula is C38H69NO8. The molecule has 0 aromatic heterocycles. The van der Waals surface area contributed by atoms with E-state index >= 15 is 0 Å². The van der Waals surface area contributed by atoms with Crippen LogP contribution in [0.15, 0.2) is 36.5 Å². The lowest BCUT2D eigenvalue weighted by Crippen LogP contribution is -2.60. The highest BCUT2D eigenvalue weighted by Gasteiger charge is 2.44. The Hall–Kier alpha value is -1.59. The van der Waals surface area contributed by atoms with Crippen molar-refractivity contribution in [2.24, 2.45) is 0 Å². The van der Waals surface area contributed by atoms with Crippen molar-refractivity contribution in [2.75, 3.05) is 13.2 Å². The van der Waals surface area contributed by atoms with Crippen molar-refractivity contribution in [2.45, 2.75) is 185 Å². The van der Waals surface area contributed by atoms with E-state index in [1.807, 2.05) is 6.08 Å². The molecule has 47 heavy (non-hydrogen) atoms. The van der Waals surface area contributed by atoms with Gasteiger partial charge in [-0.25, -0.2) is 0 Å². The first-order chi connectivity index (χ1) is 22.8. The Bertz CT molecular complexity index is 833. The Balaban J connectivity index is 2.50. The summed E-state index contributed by atoms with van der Waals surface area (Å²) < 4.78 is 11.1. The molecule has 0 bridgehead atoms. The van der Waals surface area contributed by atoms with Crippen LogP contribution >= 0.6 is 0 Å². The van der Waals surface area contributed by atoms with E-state index in [9.17, 15) is 30.3 Å². The first kappa shape index (κ1) is 43.4. The van der Waals surface area contributed by atoms with Gasteiger partial charge in [-0.3, -0.25) is 4.79 Å². The molecule has 0 spiro atoms. The number of ether oxygens (including phenoxy) is 2. The van der Waals surface area contributed by atoms with Gasteiger partial charge in [0.1, 0.15) is 24.4 Å². The van der Waals surface area contributed by atoms with Crippen LogP contribution in [0.3, 0.4) is 0 Å². The van der Waals surface area contributed by atoms with Gasteiger partial charge in [-0.1, -0.05) is 127 Å². The zero-order chi connectivity index (χ0) is 34.5. The van der Waals surface area contributed by atoms with Crippen LogP contribution in [-0.4, -0.2) is 87.5 Å². The molecule has 1 aliphatic rings. The second kappa shape index (κ2) is 29.3. The van der Waals surface area contributed by atoms with Crippen LogP contribution in [0.5, 0.6) is 0 Å². The predicted molar refractivity (Wildman–Crippen MR) is 189 cm³/mol. The minimum Gasteiger partial charge on any atom is -0.394 e. The zero-order valence-electron chi connectivity index (χ0n) is 29.5. The molecule has 7 atom stereocenters. The molecule has 274 valence electrons. The molecular weight excluding hydrogens is 598 g/mol. The van der Waals surface area contributed by atoms with Crippen LogP contribution in [-0.2, 0) is 14.3 Å². The van der Waals surface area contributed by atoms with Gasteiger partial charge in [-0.15, -0.1) is 0 Å². The molecule has 9 heteroatoms. The topological polar surface area (TPSA) is 149 Å². The second-order valence-electron chi connectivity index (χ2n) is 13.0. The highest BCUT2D eigenvalue weighted by Crippen LogP contribution is 2.22. The number of aliphatic hydroxyl groups excluding tert-OH is 5. The summed E-state index contributed by atoms with van der Waals surface area (Å²) in [4.78, 5) is 12.8. The Kier molecular flexibility index (Phi) is 27.1. The number of carbonyl (C=O) groups excluding carboxylic acids is 1. The molecule has 1 rings (SSSR count). The number of nitrogens with one attached hydrogen (secondary N) is 1. The largest absolute Gasteiger partial charge is 0.394 e. The van der Waals surface area contributed by atoms with Crippen molar-refractivity contribution in [1.29, 1.82) is 0 Å². The van der Waals surface area contributed by atoms with E-state index in [0.29, 0.717) is 6.42 Å². The molecule has 0 aromatic carbocycles. The number of hydrogen-bond donors (Lipinski definition) is 6. The summed E-state index contributed by atoms with van der Waals surface area (Å²) in [5.41, 5.74) is 0. The number of rotatable bonds is 29. The monoisotopic (exact) mass is 668 g/mol. The van der Waals surface area contributed by atoms with E-state index in [2.05, 4.69) is 37.4 Å². The first-order valence-corrected chi connectivity index (χ1v) is 18.7. The fourth-order valence-corrected chi connectivity index (χ4v) is 5.62. The number of allylic oxidation sites excluding steroid dienone is 5. The van der Waals surface area contributed by atoms with Crippen LogP contribution in [0.1, 0.15) is 142 Å². The van der Waals surface area contributed by atoms with Crippen molar-refractivity contribution in [1.82, 2.24) is 5.32 Å². The lowest BCUT2D eigenvalue weighted by Gasteiger charge is -2.40. The van der Waals surface area contributed by atoms with Gasteiger partial charge in [0.2, 0.25) is 5.91 Å². The van der Waals surface area contributed by atoms with E-state index < -0.39 is 49.5 Å². The second-order valence-corrected chi connectivity index (χ2v) is 13.0. The summed E-state index contributed by atoms with van der Waals surface area (Å²) in [5.74, 6) is -0.208. The number of unbranched alkanes of at least 4 members (excludes halogenated alkanes) is 16. The van der Waals surface area contributed by atoms with E-state index in [-0.39, 0.29) is 12.5 Å². The Morgan fingerprint density at radius 1 is 0.723 bits per heavy atom. The predicted octanol–water partition coefficient (Wildman–Crippen LogP) is 6.16. The minimum atomic E-state index is -1.57. The smallest absolute Gasteiger partial charge is 0.220 e. The van der Waals surface area contributed by atoms with E-state index in [0.717, 1.165) is 51.4 Å². The number of aliphatic hydroxyl groups is 5. The van der Waals surface area contributed by atoms with Crippen molar-refractivity contribution in [3.63, 3.8) is 0 Å². The number of hydrogen-bond acceptors (Lipinski definition) is 8. The van der Waals surface area contributed by atoms with Gasteiger partial charge < -0.3 is 40.3 Å². The molecule has 0 aliphatic carbocycles. The lowest BCUT2D eigenvalue weighted by atomic mass is 9.99. The lowest BCUT2D eigenvalue weighted by molar-refractivity contribution is -0.302. The van der Waals surface area contributed by atoms with Gasteiger partial charge in [0.05, 0.1) is 25.4 Å². The highest BCUT2D eigenvalue weighted by atomic mass is 16.7. The van der Waals surface area contributed by atoms with Gasteiger partial charge in [0.25, 0.3) is 0 Å². The van der Waals surface area contributed by atoms with Gasteiger partial charge in [0.15, 0.2) is 6.29 Å². The number of carbonyl (C=O) groups is 1. The fourth-order valence-electron chi connectivity index (χ4n) is 5.62. The summed E-state index contributed by atoms with van der Waals surface area (Å²) in [6.45, 7) is 3.66. The summed E-state index contributed by atoms with van der Waals surface area (Å²) in [7, 11) is 0. The van der Waals surface area contributed by atoms with Crippen molar-refractivity contribution >= 4 is 5.91 Å². The third-order valence-corrected chi connectivity index (χ3v) is 8.74. The average Bonchev–Trinajstić information content (AvgIpc) is 3.07. The molecule has 1 aliphatic heterocycles. The molecule has 0 radical (unpaired) electrons. The van der Waals surface area contributed by atoms with Crippen LogP contribution in [0.4, 0.5) is 0 Å². The minimum absolute atomic E-state index is 0.208. The maximum absolute atomic E-state index is 12.8. The quantitative estimate of drug-likeness (QED) is 0.0316. The van der Waals surface area contributed by atoms with Crippen LogP contribution in [0, 0.1) is 0 Å². The van der Waals surface area contributed by atoms with Crippen LogP contribution in [0.2, 0.25) is 0 Å². The van der Waals surface area contributed by atoms with E-state index in [4.69, 9.17) is 9.47 Å². The van der Waals surface area contributed by atoms with Crippen molar-refractivity contribution in [3.05, 3.63) is 36.5 Å². The van der Waals surface area contributed by atoms with E-state index in [1.54, 1.807) is 12.2 Å². The van der Waals surface area contributed by atoms with Gasteiger partial charge in [-0.2, -0.15) is 0 Å². The van der Waals surface area contributed by atoms with Crippen molar-refractivity contribution in [3.8, 4) is 0 Å². The highest BCUT2D eigenvalue weighted by molar-refractivity contribution is 5.76. The van der Waals surface area contributed by atoms with E-state index in [1.165, 1.54) is 70.6 Å². The normalized spacial score (nSPS) is 23.3. The Morgan fingerprint density at radius 3 is 1.83 bits per heavy atom. The standard InChI is InChI=1S/C38H69NO8/c1-3-5-7-9-11-13-15-16-17-18-20-22-24-26-28-34(42)39-31(30-46-38-37(45)36(44)35(43)33(29-40)47-38)32(41)27-25-23-21-19-14-12-10-8-6-4-2/h15-16,21,23,25,27,31-33,35-38,40-41,43-45H,3-14,17-20,22,24,26,28-30H2,1-2H3,(H,39,42)/b16-15+,23-21+,27-25+/t31-,32+,33-,35-,36?,37?,38-/m0/s1. The average molecular weight is 668 g/mol. The van der Waals surface area contributed by atoms with Crippen molar-refractivity contribution < 1.29 is 39.8 Å². The molecule has 6 N–H and O–H groups in total. The maximum atomic E-state index is 12.8. The number of amides is 1. The molecule has 0 saturated carbocycles. The summed E-state index contributed by atoms with van der Waals surface area (Å²) >= 11 is 0. The van der Waals surface area contributed by atoms with Gasteiger partial charge >= 0.3 is 0 Å². The Labute approximate surface area is 285 Å². The molecule has 1 saturated heterocycles. The summed E-state index contributed by atoms with van der Waals surface area (Å²) in [6.07, 6.45) is 26.3. The van der Waals surface area contributed by atoms with Gasteiger partial charge in [0, 0.05) is 6.42 Å². The molecule has 1 heterocycles. The van der Waals surface area contributed by atoms with Gasteiger partial charge in [-0.05, 0) is 44.9 Å². The molecule has 0 aromatic rings. The molecule has 2 unspecified atom stereocenters. The third-order valence-electron chi connectivity index (χ3n) is 8.74. The maximum Gasteiger partial charge on any atom is 0.220 e. The molecule has 1 amide bonds. The molecule has 9 nitrogen and oxygen atoms in total. The SMILES string of the molecule is CCCCCCC/C=C/CCCCCCCC(=O)N[C@@H](CO[C@H]1O[C@@H](CO)[C@H](O)C(O)C1O)[C@H](O)/C=C/C=C/CCCCCCCC. The molecule has 1 fully saturated rings. The summed E-state index contributed by atoms with van der Waals surface area (Å²) in [6, 6.07) is -0.837. The fraction of sp³-hybridized carbons (Fsp3) is 0.816. The zero-order valence-corrected chi connectivity index (χ0v) is 29.5. The van der Waals surface area contributed by atoms with Crippen LogP contribution in [0.25, 0.3) is 0 Å². The first-order valence-electron chi connectivity index (χ1n) is 18.7.